The summed E-state index contributed by atoms with van der Waals surface area (Å²) in [6.07, 6.45) is 3.21. The Kier molecular flexibility index (Phi) is 4.57. The maximum Gasteiger partial charge on any atom is 0.490 e. The second kappa shape index (κ2) is 6.36. The third-order valence-electron chi connectivity index (χ3n) is 5.37. The van der Waals surface area contributed by atoms with Crippen molar-refractivity contribution in [2.45, 2.75) is 51.9 Å². The SMILES string of the molecule is CC1(C)OB(C2=CCN(Cc3ccc(C#N)cc3)CC2)OC1(C)C. The van der Waals surface area contributed by atoms with Crippen molar-refractivity contribution < 1.29 is 9.31 Å². The molecule has 0 N–H and O–H groups in total. The summed E-state index contributed by atoms with van der Waals surface area (Å²) >= 11 is 0. The van der Waals surface area contributed by atoms with E-state index in [4.69, 9.17) is 14.6 Å². The number of hydrogen-bond donors (Lipinski definition) is 0. The van der Waals surface area contributed by atoms with Gasteiger partial charge in [0.25, 0.3) is 0 Å². The van der Waals surface area contributed by atoms with Crippen molar-refractivity contribution in [1.82, 2.24) is 4.90 Å². The highest BCUT2D eigenvalue weighted by Gasteiger charge is 2.52. The molecule has 1 fully saturated rings. The molecular formula is C19H25BN2O2. The molecule has 0 aromatic heterocycles. The van der Waals surface area contributed by atoms with Crippen molar-refractivity contribution in [2.24, 2.45) is 0 Å². The second-order valence-electron chi connectivity index (χ2n) is 7.66. The standard InChI is InChI=1S/C19H25BN2O2/c1-18(2)19(3,4)24-20(23-18)17-9-11-22(12-10-17)14-16-7-5-15(13-21)6-8-16/h5-9H,10-12,14H2,1-4H3. The van der Waals surface area contributed by atoms with E-state index in [-0.39, 0.29) is 18.3 Å². The molecule has 0 saturated carbocycles. The van der Waals surface area contributed by atoms with Crippen molar-refractivity contribution in [3.05, 3.63) is 46.9 Å². The van der Waals surface area contributed by atoms with Gasteiger partial charge in [-0.15, -0.1) is 0 Å². The number of nitriles is 1. The van der Waals surface area contributed by atoms with E-state index >= 15 is 0 Å². The molecule has 4 nitrogen and oxygen atoms in total. The van der Waals surface area contributed by atoms with Crippen LogP contribution in [0.15, 0.2) is 35.8 Å². The van der Waals surface area contributed by atoms with Crippen LogP contribution in [-0.4, -0.2) is 36.3 Å². The monoisotopic (exact) mass is 324 g/mol. The van der Waals surface area contributed by atoms with Gasteiger partial charge in [-0.2, -0.15) is 5.26 Å². The average Bonchev–Trinajstić information content (AvgIpc) is 2.77. The molecule has 5 heteroatoms. The molecule has 126 valence electrons. The van der Waals surface area contributed by atoms with Crippen LogP contribution in [0.25, 0.3) is 0 Å². The molecule has 0 amide bonds. The Morgan fingerprint density at radius 3 is 2.25 bits per heavy atom. The normalized spacial score (nSPS) is 23.0. The first-order valence-electron chi connectivity index (χ1n) is 8.57. The number of rotatable bonds is 3. The molecule has 1 aromatic carbocycles. The molecule has 1 aromatic rings. The summed E-state index contributed by atoms with van der Waals surface area (Å²) in [6, 6.07) is 9.98. The van der Waals surface area contributed by atoms with Crippen molar-refractivity contribution in [1.29, 1.82) is 5.26 Å². The largest absolute Gasteiger partial charge is 0.490 e. The Balaban J connectivity index is 1.59. The molecule has 2 aliphatic rings. The first-order valence-corrected chi connectivity index (χ1v) is 8.57. The Bertz CT molecular complexity index is 658. The van der Waals surface area contributed by atoms with Crippen LogP contribution in [0.4, 0.5) is 0 Å². The Morgan fingerprint density at radius 1 is 1.12 bits per heavy atom. The van der Waals surface area contributed by atoms with Gasteiger partial charge in [-0.1, -0.05) is 18.2 Å². The van der Waals surface area contributed by atoms with E-state index in [1.54, 1.807) is 0 Å². The lowest BCUT2D eigenvalue weighted by Crippen LogP contribution is -2.41. The lowest BCUT2D eigenvalue weighted by atomic mass is 9.74. The van der Waals surface area contributed by atoms with Crippen LogP contribution in [0, 0.1) is 11.3 Å². The lowest BCUT2D eigenvalue weighted by molar-refractivity contribution is 0.00578. The molecule has 0 unspecified atom stereocenters. The zero-order chi connectivity index (χ0) is 17.4. The molecule has 0 atom stereocenters. The highest BCUT2D eigenvalue weighted by molar-refractivity contribution is 6.54. The van der Waals surface area contributed by atoms with E-state index < -0.39 is 0 Å². The Hall–Kier alpha value is -1.61. The molecule has 24 heavy (non-hydrogen) atoms. The van der Waals surface area contributed by atoms with Crippen molar-refractivity contribution in [3.63, 3.8) is 0 Å². The van der Waals surface area contributed by atoms with Crippen molar-refractivity contribution in [2.75, 3.05) is 13.1 Å². The predicted molar refractivity (Wildman–Crippen MR) is 95.2 cm³/mol. The van der Waals surface area contributed by atoms with Gasteiger partial charge >= 0.3 is 7.12 Å². The van der Waals surface area contributed by atoms with E-state index in [1.807, 2.05) is 24.3 Å². The van der Waals surface area contributed by atoms with E-state index in [0.717, 1.165) is 26.1 Å². The van der Waals surface area contributed by atoms with E-state index in [1.165, 1.54) is 11.0 Å². The van der Waals surface area contributed by atoms with Gasteiger partial charge in [0, 0.05) is 19.6 Å². The van der Waals surface area contributed by atoms with Gasteiger partial charge in [-0.05, 0) is 57.3 Å². The number of benzene rings is 1. The molecule has 0 bridgehead atoms. The second-order valence-corrected chi connectivity index (χ2v) is 7.66. The molecule has 0 radical (unpaired) electrons. The zero-order valence-electron chi connectivity index (χ0n) is 15.0. The average molecular weight is 324 g/mol. The van der Waals surface area contributed by atoms with Crippen molar-refractivity contribution in [3.8, 4) is 6.07 Å². The molecule has 2 aliphatic heterocycles. The topological polar surface area (TPSA) is 45.5 Å². The van der Waals surface area contributed by atoms with Crippen LogP contribution >= 0.6 is 0 Å². The highest BCUT2D eigenvalue weighted by Crippen LogP contribution is 2.39. The van der Waals surface area contributed by atoms with Crippen LogP contribution in [-0.2, 0) is 15.9 Å². The molecule has 0 aliphatic carbocycles. The minimum atomic E-state index is -0.280. The fourth-order valence-corrected chi connectivity index (χ4v) is 3.02. The quantitative estimate of drug-likeness (QED) is 0.800. The Labute approximate surface area is 145 Å². The number of hydrogen-bond acceptors (Lipinski definition) is 4. The van der Waals surface area contributed by atoms with Gasteiger partial charge in [0.05, 0.1) is 22.8 Å². The van der Waals surface area contributed by atoms with E-state index in [9.17, 15) is 0 Å². The Morgan fingerprint density at radius 2 is 1.75 bits per heavy atom. The summed E-state index contributed by atoms with van der Waals surface area (Å²) in [4.78, 5) is 2.40. The third kappa shape index (κ3) is 3.42. The zero-order valence-corrected chi connectivity index (χ0v) is 15.0. The van der Waals surface area contributed by atoms with Crippen molar-refractivity contribution >= 4 is 7.12 Å². The maximum atomic E-state index is 8.86. The fraction of sp³-hybridized carbons (Fsp3) is 0.526. The van der Waals surface area contributed by atoms with Gasteiger partial charge in [0.1, 0.15) is 0 Å². The minimum Gasteiger partial charge on any atom is -0.400 e. The maximum absolute atomic E-state index is 8.86. The predicted octanol–water partition coefficient (Wildman–Crippen LogP) is 3.32. The van der Waals surface area contributed by atoms with Gasteiger partial charge in [0.15, 0.2) is 0 Å². The molecule has 3 rings (SSSR count). The third-order valence-corrected chi connectivity index (χ3v) is 5.37. The van der Waals surface area contributed by atoms with Crippen LogP contribution < -0.4 is 0 Å². The van der Waals surface area contributed by atoms with Gasteiger partial charge in [-0.25, -0.2) is 0 Å². The van der Waals surface area contributed by atoms with Gasteiger partial charge < -0.3 is 9.31 Å². The molecule has 2 heterocycles. The molecular weight excluding hydrogens is 299 g/mol. The van der Waals surface area contributed by atoms with Crippen LogP contribution in [0.1, 0.15) is 45.2 Å². The summed E-state index contributed by atoms with van der Waals surface area (Å²) in [5.74, 6) is 0. The first kappa shape index (κ1) is 17.2. The minimum absolute atomic E-state index is 0.216. The summed E-state index contributed by atoms with van der Waals surface area (Å²) < 4.78 is 12.3. The number of nitrogens with zero attached hydrogens (tertiary/aromatic N) is 2. The summed E-state index contributed by atoms with van der Waals surface area (Å²) in [7, 11) is -0.216. The molecule has 1 saturated heterocycles. The van der Waals surface area contributed by atoms with E-state index in [0.29, 0.717) is 5.56 Å². The summed E-state index contributed by atoms with van der Waals surface area (Å²) in [5.41, 5.74) is 2.64. The van der Waals surface area contributed by atoms with Gasteiger partial charge in [-0.3, -0.25) is 4.90 Å². The first-order chi connectivity index (χ1) is 11.3. The lowest BCUT2D eigenvalue weighted by Gasteiger charge is -2.32. The van der Waals surface area contributed by atoms with Crippen LogP contribution in [0.5, 0.6) is 0 Å². The fourth-order valence-electron chi connectivity index (χ4n) is 3.02. The molecule has 0 spiro atoms. The van der Waals surface area contributed by atoms with Gasteiger partial charge in [0.2, 0.25) is 0 Å². The van der Waals surface area contributed by atoms with Crippen LogP contribution in [0.2, 0.25) is 0 Å². The van der Waals surface area contributed by atoms with Crippen LogP contribution in [0.3, 0.4) is 0 Å². The van der Waals surface area contributed by atoms with E-state index in [2.05, 4.69) is 44.7 Å². The smallest absolute Gasteiger partial charge is 0.400 e. The summed E-state index contributed by atoms with van der Waals surface area (Å²) in [5, 5.41) is 8.86. The highest BCUT2D eigenvalue weighted by atomic mass is 16.7. The summed E-state index contributed by atoms with van der Waals surface area (Å²) in [6.45, 7) is 11.2.